The molecule has 12 heteroatoms. The quantitative estimate of drug-likeness (QED) is 0.401. The third kappa shape index (κ3) is 4.67. The van der Waals surface area contributed by atoms with Gasteiger partial charge in [0.05, 0.1) is 37.4 Å². The summed E-state index contributed by atoms with van der Waals surface area (Å²) in [6.45, 7) is 3.21. The molecule has 3 aromatic heterocycles. The summed E-state index contributed by atoms with van der Waals surface area (Å²) in [5.74, 6) is 1.53. The number of nitrogen functional groups attached to an aromatic ring is 1. The van der Waals surface area contributed by atoms with Crippen LogP contribution < -0.4 is 10.6 Å². The maximum atomic E-state index is 11.0. The summed E-state index contributed by atoms with van der Waals surface area (Å²) >= 11 is -1.86. The molecule has 4 aromatic rings. The smallest absolute Gasteiger partial charge is 0.219 e. The predicted molar refractivity (Wildman–Crippen MR) is 124 cm³/mol. The highest BCUT2D eigenvalue weighted by atomic mass is 32.2. The summed E-state index contributed by atoms with van der Waals surface area (Å²) in [5, 5.41) is 0. The van der Waals surface area contributed by atoms with E-state index in [9.17, 15) is 4.21 Å². The number of aromatic nitrogens is 6. The van der Waals surface area contributed by atoms with E-state index in [0.29, 0.717) is 55.4 Å². The highest BCUT2D eigenvalue weighted by molar-refractivity contribution is 7.78. The molecule has 0 radical (unpaired) electrons. The lowest BCUT2D eigenvalue weighted by Crippen LogP contribution is -2.37. The summed E-state index contributed by atoms with van der Waals surface area (Å²) in [7, 11) is 0. The highest BCUT2D eigenvalue weighted by Gasteiger charge is 2.21. The van der Waals surface area contributed by atoms with Crippen molar-refractivity contribution in [3.63, 3.8) is 0 Å². The van der Waals surface area contributed by atoms with Crippen molar-refractivity contribution in [1.82, 2.24) is 29.5 Å². The zero-order valence-electron chi connectivity index (χ0n) is 17.7. The van der Waals surface area contributed by atoms with Crippen molar-refractivity contribution in [2.45, 2.75) is 12.3 Å². The van der Waals surface area contributed by atoms with Crippen LogP contribution in [0.1, 0.15) is 11.1 Å². The summed E-state index contributed by atoms with van der Waals surface area (Å²) in [5.41, 5.74) is 9.53. The van der Waals surface area contributed by atoms with Gasteiger partial charge in [0.2, 0.25) is 5.95 Å². The van der Waals surface area contributed by atoms with Crippen molar-refractivity contribution in [3.8, 4) is 11.4 Å². The monoisotopic (exact) mass is 466 g/mol. The van der Waals surface area contributed by atoms with Crippen LogP contribution in [0.25, 0.3) is 22.6 Å². The van der Waals surface area contributed by atoms with Gasteiger partial charge in [-0.3, -0.25) is 0 Å². The van der Waals surface area contributed by atoms with Gasteiger partial charge in [-0.1, -0.05) is 24.3 Å². The first kappa shape index (κ1) is 21.4. The number of rotatable bonds is 6. The number of benzene rings is 1. The molecule has 1 aliphatic rings. The molecule has 0 aliphatic carbocycles. The minimum absolute atomic E-state index is 0.109. The second-order valence-electron chi connectivity index (χ2n) is 7.63. The van der Waals surface area contributed by atoms with Gasteiger partial charge in [-0.2, -0.15) is 0 Å². The van der Waals surface area contributed by atoms with Crippen molar-refractivity contribution in [3.05, 3.63) is 54.1 Å². The number of morpholine rings is 1. The minimum Gasteiger partial charge on any atom is -0.378 e. The molecule has 1 unspecified atom stereocenters. The second-order valence-corrected chi connectivity index (χ2v) is 8.56. The Labute approximate surface area is 192 Å². The standard InChI is InChI=1S/C21H22N8O3S/c22-21-23-9-16(10-24-21)18-26-19(28-5-7-32-8-6-28)17-20(27-18)29(13-25-17)11-14-1-3-15(4-2-14)12-33(30)31/h1-4,9-10,13H,5-8,11-12H2,(H,30,31)(H2,22,23,24). The Bertz CT molecular complexity index is 1290. The molecule has 0 spiro atoms. The van der Waals surface area contributed by atoms with E-state index in [1.54, 1.807) is 18.7 Å². The fourth-order valence-corrected chi connectivity index (χ4v) is 4.18. The van der Waals surface area contributed by atoms with E-state index < -0.39 is 11.1 Å². The van der Waals surface area contributed by atoms with Crippen LogP contribution in [0.3, 0.4) is 0 Å². The van der Waals surface area contributed by atoms with Crippen LogP contribution in [0, 0.1) is 0 Å². The number of nitrogens with zero attached hydrogens (tertiary/aromatic N) is 7. The molecule has 1 aromatic carbocycles. The Morgan fingerprint density at radius 1 is 1.03 bits per heavy atom. The minimum atomic E-state index is -1.86. The fourth-order valence-electron chi connectivity index (χ4n) is 3.70. The third-order valence-electron chi connectivity index (χ3n) is 5.35. The maximum Gasteiger partial charge on any atom is 0.219 e. The van der Waals surface area contributed by atoms with Gasteiger partial charge in [0.25, 0.3) is 0 Å². The van der Waals surface area contributed by atoms with Gasteiger partial charge in [0.15, 0.2) is 33.9 Å². The largest absolute Gasteiger partial charge is 0.378 e. The Balaban J connectivity index is 1.55. The highest BCUT2D eigenvalue weighted by Crippen LogP contribution is 2.27. The van der Waals surface area contributed by atoms with E-state index in [-0.39, 0.29) is 11.7 Å². The molecule has 1 atom stereocenters. The SMILES string of the molecule is Nc1ncc(-c2nc(N3CCOCC3)c3ncn(Cc4ccc(CS(=O)O)cc4)c3n2)cn1. The molecule has 1 aliphatic heterocycles. The Morgan fingerprint density at radius 3 is 2.42 bits per heavy atom. The molecule has 0 bridgehead atoms. The molecule has 1 saturated heterocycles. The fraction of sp³-hybridized carbons (Fsp3) is 0.286. The topological polar surface area (TPSA) is 145 Å². The van der Waals surface area contributed by atoms with Crippen LogP contribution in [-0.2, 0) is 28.1 Å². The molecule has 0 amide bonds. The number of hydrogen-bond donors (Lipinski definition) is 2. The number of imidazole rings is 1. The molecule has 0 saturated carbocycles. The first-order valence-electron chi connectivity index (χ1n) is 10.4. The molecule has 5 rings (SSSR count). The van der Waals surface area contributed by atoms with E-state index in [0.717, 1.165) is 16.9 Å². The summed E-state index contributed by atoms with van der Waals surface area (Å²) < 4.78 is 27.6. The van der Waals surface area contributed by atoms with Crippen molar-refractivity contribution in [1.29, 1.82) is 0 Å². The Hall–Kier alpha value is -3.48. The normalized spacial score (nSPS) is 15.1. The lowest BCUT2D eigenvalue weighted by molar-refractivity contribution is 0.122. The van der Waals surface area contributed by atoms with Crippen molar-refractivity contribution in [2.75, 3.05) is 36.9 Å². The van der Waals surface area contributed by atoms with Gasteiger partial charge in [-0.25, -0.2) is 29.1 Å². The van der Waals surface area contributed by atoms with Gasteiger partial charge in [0, 0.05) is 25.5 Å². The Kier molecular flexibility index (Phi) is 5.94. The average Bonchev–Trinajstić information content (AvgIpc) is 3.23. The van der Waals surface area contributed by atoms with Gasteiger partial charge in [0.1, 0.15) is 0 Å². The molecule has 3 N–H and O–H groups in total. The van der Waals surface area contributed by atoms with Crippen molar-refractivity contribution < 1.29 is 13.5 Å². The van der Waals surface area contributed by atoms with Gasteiger partial charge in [-0.15, -0.1) is 0 Å². The van der Waals surface area contributed by atoms with E-state index in [2.05, 4.69) is 19.9 Å². The van der Waals surface area contributed by atoms with E-state index in [1.807, 2.05) is 28.8 Å². The van der Waals surface area contributed by atoms with Crippen LogP contribution in [-0.4, -0.2) is 64.6 Å². The van der Waals surface area contributed by atoms with Crippen LogP contribution in [0.5, 0.6) is 0 Å². The lowest BCUT2D eigenvalue weighted by atomic mass is 10.1. The van der Waals surface area contributed by atoms with Gasteiger partial charge in [-0.05, 0) is 11.1 Å². The average molecular weight is 467 g/mol. The lowest BCUT2D eigenvalue weighted by Gasteiger charge is -2.28. The third-order valence-corrected chi connectivity index (χ3v) is 5.93. The van der Waals surface area contributed by atoms with Crippen molar-refractivity contribution in [2.24, 2.45) is 0 Å². The maximum absolute atomic E-state index is 11.0. The van der Waals surface area contributed by atoms with Gasteiger partial charge < -0.3 is 24.5 Å². The molecule has 1 fully saturated rings. The molecule has 11 nitrogen and oxygen atoms in total. The van der Waals surface area contributed by atoms with Crippen LogP contribution in [0.15, 0.2) is 43.0 Å². The van der Waals surface area contributed by atoms with E-state index in [1.165, 1.54) is 0 Å². The molecule has 4 heterocycles. The first-order chi connectivity index (χ1) is 16.1. The number of ether oxygens (including phenoxy) is 1. The summed E-state index contributed by atoms with van der Waals surface area (Å²) in [4.78, 5) is 24.5. The predicted octanol–water partition coefficient (Wildman–Crippen LogP) is 1.47. The molecule has 170 valence electrons. The number of hydrogen-bond acceptors (Lipinski definition) is 9. The Morgan fingerprint density at radius 2 is 1.73 bits per heavy atom. The van der Waals surface area contributed by atoms with Crippen LogP contribution >= 0.6 is 0 Å². The zero-order valence-corrected chi connectivity index (χ0v) is 18.5. The number of anilines is 2. The van der Waals surface area contributed by atoms with E-state index >= 15 is 0 Å². The van der Waals surface area contributed by atoms with Crippen LogP contribution in [0.4, 0.5) is 11.8 Å². The zero-order chi connectivity index (χ0) is 22.8. The second kappa shape index (κ2) is 9.17. The van der Waals surface area contributed by atoms with Crippen molar-refractivity contribution >= 4 is 34.0 Å². The summed E-state index contributed by atoms with van der Waals surface area (Å²) in [6, 6.07) is 7.58. The van der Waals surface area contributed by atoms with Gasteiger partial charge >= 0.3 is 0 Å². The first-order valence-corrected chi connectivity index (χ1v) is 11.6. The van der Waals surface area contributed by atoms with E-state index in [4.69, 9.17) is 25.0 Å². The molecular formula is C21H22N8O3S. The molecular weight excluding hydrogens is 444 g/mol. The molecule has 33 heavy (non-hydrogen) atoms. The summed E-state index contributed by atoms with van der Waals surface area (Å²) in [6.07, 6.45) is 4.97. The number of nitrogens with two attached hydrogens (primary N) is 1. The van der Waals surface area contributed by atoms with Crippen LogP contribution in [0.2, 0.25) is 0 Å². The number of fused-ring (bicyclic) bond motifs is 1.